The van der Waals surface area contributed by atoms with Gasteiger partial charge in [-0.1, -0.05) is 24.8 Å². The van der Waals surface area contributed by atoms with E-state index in [0.717, 1.165) is 28.3 Å². The first-order valence-electron chi connectivity index (χ1n) is 7.06. The van der Waals surface area contributed by atoms with Crippen LogP contribution in [0.4, 0.5) is 8.78 Å². The molecule has 21 heavy (non-hydrogen) atoms. The van der Waals surface area contributed by atoms with Crippen LogP contribution < -0.4 is 5.32 Å². The molecule has 4 heteroatoms. The normalized spacial score (nSPS) is 12.4. The van der Waals surface area contributed by atoms with Gasteiger partial charge in [0.2, 0.25) is 0 Å². The smallest absolute Gasteiger partial charge is 0.124 e. The molecule has 0 bridgehead atoms. The maximum atomic E-state index is 13.5. The van der Waals surface area contributed by atoms with Crippen LogP contribution in [-0.4, -0.2) is 6.54 Å². The van der Waals surface area contributed by atoms with Crippen LogP contribution >= 0.6 is 11.8 Å². The fourth-order valence-electron chi connectivity index (χ4n) is 2.08. The second-order valence-electron chi connectivity index (χ2n) is 4.92. The van der Waals surface area contributed by atoms with Gasteiger partial charge >= 0.3 is 0 Å². The molecular weight excluding hydrogens is 288 g/mol. The molecule has 1 N–H and O–H groups in total. The molecule has 0 heterocycles. The number of hydrogen-bond acceptors (Lipinski definition) is 2. The predicted molar refractivity (Wildman–Crippen MR) is 83.6 cm³/mol. The molecule has 2 rings (SSSR count). The molecule has 2 aromatic carbocycles. The second kappa shape index (κ2) is 7.57. The van der Waals surface area contributed by atoms with Gasteiger partial charge in [0, 0.05) is 15.8 Å². The molecule has 0 saturated heterocycles. The highest BCUT2D eigenvalue weighted by molar-refractivity contribution is 7.99. The van der Waals surface area contributed by atoms with Gasteiger partial charge in [0.25, 0.3) is 0 Å². The minimum Gasteiger partial charge on any atom is -0.310 e. The molecule has 0 fully saturated rings. The van der Waals surface area contributed by atoms with E-state index in [4.69, 9.17) is 0 Å². The minimum absolute atomic E-state index is 0.0525. The lowest BCUT2D eigenvalue weighted by atomic mass is 10.1. The largest absolute Gasteiger partial charge is 0.310 e. The van der Waals surface area contributed by atoms with E-state index in [1.54, 1.807) is 18.2 Å². The van der Waals surface area contributed by atoms with Gasteiger partial charge in [0.05, 0.1) is 0 Å². The van der Waals surface area contributed by atoms with Crippen LogP contribution in [0.15, 0.2) is 52.3 Å². The third-order valence-electron chi connectivity index (χ3n) is 3.16. The Hall–Kier alpha value is -1.39. The van der Waals surface area contributed by atoms with E-state index in [-0.39, 0.29) is 17.7 Å². The Morgan fingerprint density at radius 2 is 1.86 bits per heavy atom. The summed E-state index contributed by atoms with van der Waals surface area (Å²) in [5, 5.41) is 3.36. The van der Waals surface area contributed by atoms with E-state index in [1.165, 1.54) is 30.0 Å². The maximum Gasteiger partial charge on any atom is 0.124 e. The quantitative estimate of drug-likeness (QED) is 0.789. The summed E-state index contributed by atoms with van der Waals surface area (Å²) in [6.45, 7) is 4.98. The Bertz CT molecular complexity index is 601. The van der Waals surface area contributed by atoms with Crippen molar-refractivity contribution in [3.63, 3.8) is 0 Å². The summed E-state index contributed by atoms with van der Waals surface area (Å²) in [5.41, 5.74) is 0.901. The zero-order chi connectivity index (χ0) is 15.2. The molecule has 2 aromatic rings. The topological polar surface area (TPSA) is 12.0 Å². The first kappa shape index (κ1) is 16.0. The minimum atomic E-state index is -0.263. The monoisotopic (exact) mass is 307 g/mol. The first-order valence-corrected chi connectivity index (χ1v) is 7.88. The van der Waals surface area contributed by atoms with Crippen LogP contribution in [0.5, 0.6) is 0 Å². The molecule has 0 aromatic heterocycles. The molecule has 0 spiro atoms. The van der Waals surface area contributed by atoms with E-state index < -0.39 is 0 Å². The highest BCUT2D eigenvalue weighted by atomic mass is 32.2. The number of halogens is 2. The summed E-state index contributed by atoms with van der Waals surface area (Å²) < 4.78 is 26.8. The molecule has 0 aliphatic rings. The number of benzene rings is 2. The van der Waals surface area contributed by atoms with Crippen molar-refractivity contribution in [3.05, 3.63) is 59.7 Å². The number of hydrogen-bond donors (Lipinski definition) is 1. The highest BCUT2D eigenvalue weighted by Gasteiger charge is 2.12. The molecule has 0 aliphatic heterocycles. The lowest BCUT2D eigenvalue weighted by molar-refractivity contribution is 0.554. The van der Waals surface area contributed by atoms with E-state index in [1.807, 2.05) is 13.0 Å². The molecule has 0 radical (unpaired) electrons. The molecule has 0 saturated carbocycles. The van der Waals surface area contributed by atoms with Crippen molar-refractivity contribution < 1.29 is 8.78 Å². The number of rotatable bonds is 6. The van der Waals surface area contributed by atoms with Gasteiger partial charge in [-0.2, -0.15) is 0 Å². The molecule has 1 unspecified atom stereocenters. The van der Waals surface area contributed by atoms with Crippen LogP contribution in [0.1, 0.15) is 31.9 Å². The second-order valence-corrected chi connectivity index (χ2v) is 6.03. The van der Waals surface area contributed by atoms with Crippen LogP contribution in [0, 0.1) is 11.6 Å². The van der Waals surface area contributed by atoms with Gasteiger partial charge in [-0.05, 0) is 61.9 Å². The van der Waals surface area contributed by atoms with Crippen molar-refractivity contribution >= 4 is 11.8 Å². The molecule has 112 valence electrons. The summed E-state index contributed by atoms with van der Waals surface area (Å²) in [4.78, 5) is 1.75. The molecule has 0 amide bonds. The van der Waals surface area contributed by atoms with Gasteiger partial charge in [-0.25, -0.2) is 8.78 Å². The molecule has 0 aliphatic carbocycles. The van der Waals surface area contributed by atoms with Crippen LogP contribution in [0.25, 0.3) is 0 Å². The van der Waals surface area contributed by atoms with Gasteiger partial charge in [-0.3, -0.25) is 0 Å². The maximum absolute atomic E-state index is 13.5. The van der Waals surface area contributed by atoms with Gasteiger partial charge in [0.15, 0.2) is 0 Å². The molecular formula is C17H19F2NS. The first-order chi connectivity index (χ1) is 10.1. The van der Waals surface area contributed by atoms with Crippen molar-refractivity contribution in [3.8, 4) is 0 Å². The van der Waals surface area contributed by atoms with Gasteiger partial charge in [0.1, 0.15) is 11.6 Å². The van der Waals surface area contributed by atoms with E-state index >= 15 is 0 Å². The van der Waals surface area contributed by atoms with E-state index in [0.29, 0.717) is 0 Å². The van der Waals surface area contributed by atoms with Crippen LogP contribution in [-0.2, 0) is 0 Å². The predicted octanol–water partition coefficient (Wildman–Crippen LogP) is 5.18. The van der Waals surface area contributed by atoms with Crippen molar-refractivity contribution in [1.29, 1.82) is 0 Å². The molecule has 1 atom stereocenters. The summed E-state index contributed by atoms with van der Waals surface area (Å²) in [6.07, 6.45) is 1.02. The van der Waals surface area contributed by atoms with Crippen molar-refractivity contribution in [2.75, 3.05) is 6.54 Å². The lowest BCUT2D eigenvalue weighted by Crippen LogP contribution is -2.20. The third-order valence-corrected chi connectivity index (χ3v) is 4.24. The Kier molecular flexibility index (Phi) is 5.76. The zero-order valence-corrected chi connectivity index (χ0v) is 13.0. The fourth-order valence-corrected chi connectivity index (χ4v) is 3.14. The van der Waals surface area contributed by atoms with Gasteiger partial charge < -0.3 is 5.32 Å². The van der Waals surface area contributed by atoms with E-state index in [9.17, 15) is 8.78 Å². The fraction of sp³-hybridized carbons (Fsp3) is 0.294. The standard InChI is InChI=1S/C17H19F2NS/c1-3-9-20-12(2)16-11-14(19)7-8-17(16)21-15-6-4-5-13(18)10-15/h4-8,10-12,20H,3,9H2,1-2H3. The Morgan fingerprint density at radius 3 is 2.57 bits per heavy atom. The third kappa shape index (κ3) is 4.55. The van der Waals surface area contributed by atoms with Crippen molar-refractivity contribution in [1.82, 2.24) is 5.32 Å². The highest BCUT2D eigenvalue weighted by Crippen LogP contribution is 2.34. The average molecular weight is 307 g/mol. The average Bonchev–Trinajstić information content (AvgIpc) is 2.46. The Labute approximate surface area is 128 Å². The van der Waals surface area contributed by atoms with Crippen molar-refractivity contribution in [2.45, 2.75) is 36.1 Å². The zero-order valence-electron chi connectivity index (χ0n) is 12.2. The van der Waals surface area contributed by atoms with Crippen LogP contribution in [0.2, 0.25) is 0 Å². The summed E-state index contributed by atoms with van der Waals surface area (Å²) in [6, 6.07) is 11.2. The Balaban J connectivity index is 2.26. The SMILES string of the molecule is CCCNC(C)c1cc(F)ccc1Sc1cccc(F)c1. The number of nitrogens with one attached hydrogen (secondary N) is 1. The lowest BCUT2D eigenvalue weighted by Gasteiger charge is -2.17. The van der Waals surface area contributed by atoms with Gasteiger partial charge in [-0.15, -0.1) is 0 Å². The summed E-state index contributed by atoms with van der Waals surface area (Å²) >= 11 is 1.45. The van der Waals surface area contributed by atoms with E-state index in [2.05, 4.69) is 12.2 Å². The molecule has 1 nitrogen and oxygen atoms in total. The summed E-state index contributed by atoms with van der Waals surface area (Å²) in [7, 11) is 0. The van der Waals surface area contributed by atoms with Crippen LogP contribution in [0.3, 0.4) is 0 Å². The van der Waals surface area contributed by atoms with Crippen molar-refractivity contribution in [2.24, 2.45) is 0 Å². The Morgan fingerprint density at radius 1 is 1.10 bits per heavy atom. The summed E-state index contributed by atoms with van der Waals surface area (Å²) in [5.74, 6) is -0.514.